The molecule has 0 aliphatic carbocycles. The minimum Gasteiger partial charge on any atom is -0.385 e. The highest BCUT2D eigenvalue weighted by atomic mass is 16.5. The molecule has 0 fully saturated rings. The van der Waals surface area contributed by atoms with E-state index >= 15 is 0 Å². The van der Waals surface area contributed by atoms with Gasteiger partial charge in [-0.1, -0.05) is 0 Å². The molecule has 0 saturated carbocycles. The summed E-state index contributed by atoms with van der Waals surface area (Å²) in [6.45, 7) is 3.40. The Labute approximate surface area is 107 Å². The van der Waals surface area contributed by atoms with Gasteiger partial charge in [0.2, 0.25) is 5.95 Å². The van der Waals surface area contributed by atoms with Gasteiger partial charge in [0.1, 0.15) is 0 Å². The Morgan fingerprint density at radius 1 is 1.28 bits per heavy atom. The van der Waals surface area contributed by atoms with Crippen LogP contribution < -0.4 is 5.32 Å². The van der Waals surface area contributed by atoms with Crippen LogP contribution >= 0.6 is 0 Å². The maximum atomic E-state index is 5.05. The minimum atomic E-state index is 0.770. The zero-order valence-electron chi connectivity index (χ0n) is 10.6. The fourth-order valence-corrected chi connectivity index (χ4v) is 1.75. The first-order valence-corrected chi connectivity index (χ1v) is 6.10. The third-order valence-electron chi connectivity index (χ3n) is 2.68. The lowest BCUT2D eigenvalue weighted by atomic mass is 10.4. The van der Waals surface area contributed by atoms with Crippen molar-refractivity contribution < 1.29 is 4.74 Å². The van der Waals surface area contributed by atoms with Crippen molar-refractivity contribution in [3.8, 4) is 0 Å². The summed E-state index contributed by atoms with van der Waals surface area (Å²) in [4.78, 5) is 8.31. The SMILES string of the molecule is COCCCn1ccnc1NCCn1ccnc1. The van der Waals surface area contributed by atoms with E-state index in [0.29, 0.717) is 0 Å². The minimum absolute atomic E-state index is 0.770. The van der Waals surface area contributed by atoms with Gasteiger partial charge >= 0.3 is 0 Å². The molecular weight excluding hydrogens is 230 g/mol. The Hall–Kier alpha value is -1.82. The molecule has 0 aliphatic heterocycles. The van der Waals surface area contributed by atoms with Crippen molar-refractivity contribution in [1.82, 2.24) is 19.1 Å². The second-order valence-electron chi connectivity index (χ2n) is 4.02. The summed E-state index contributed by atoms with van der Waals surface area (Å²) < 4.78 is 9.18. The van der Waals surface area contributed by atoms with Gasteiger partial charge in [0.25, 0.3) is 0 Å². The van der Waals surface area contributed by atoms with Gasteiger partial charge in [0, 0.05) is 58.1 Å². The van der Waals surface area contributed by atoms with Gasteiger partial charge in [-0.3, -0.25) is 0 Å². The van der Waals surface area contributed by atoms with E-state index in [1.165, 1.54) is 0 Å². The van der Waals surface area contributed by atoms with Crippen molar-refractivity contribution >= 4 is 5.95 Å². The fraction of sp³-hybridized carbons (Fsp3) is 0.500. The molecule has 2 aromatic rings. The number of anilines is 1. The Kier molecular flexibility index (Phi) is 4.78. The van der Waals surface area contributed by atoms with Crippen molar-refractivity contribution in [1.29, 1.82) is 0 Å². The molecule has 6 heteroatoms. The van der Waals surface area contributed by atoms with Gasteiger partial charge in [0.05, 0.1) is 6.33 Å². The molecule has 6 nitrogen and oxygen atoms in total. The zero-order chi connectivity index (χ0) is 12.6. The van der Waals surface area contributed by atoms with Gasteiger partial charge in [-0.05, 0) is 6.42 Å². The summed E-state index contributed by atoms with van der Waals surface area (Å²) in [6.07, 6.45) is 10.3. The first-order chi connectivity index (χ1) is 8.90. The zero-order valence-corrected chi connectivity index (χ0v) is 10.6. The summed E-state index contributed by atoms with van der Waals surface area (Å²) in [5.41, 5.74) is 0. The molecule has 0 amide bonds. The highest BCUT2D eigenvalue weighted by molar-refractivity contribution is 5.25. The fourth-order valence-electron chi connectivity index (χ4n) is 1.75. The van der Waals surface area contributed by atoms with E-state index in [1.807, 2.05) is 29.5 Å². The van der Waals surface area contributed by atoms with Gasteiger partial charge in [-0.15, -0.1) is 0 Å². The van der Waals surface area contributed by atoms with Crippen molar-refractivity contribution in [2.24, 2.45) is 0 Å². The van der Waals surface area contributed by atoms with Crippen LogP contribution in [-0.2, 0) is 17.8 Å². The third-order valence-corrected chi connectivity index (χ3v) is 2.68. The van der Waals surface area contributed by atoms with Gasteiger partial charge in [-0.25, -0.2) is 9.97 Å². The summed E-state index contributed by atoms with van der Waals surface area (Å²) >= 11 is 0. The van der Waals surface area contributed by atoms with Crippen LogP contribution in [0.1, 0.15) is 6.42 Å². The lowest BCUT2D eigenvalue weighted by Gasteiger charge is -2.09. The van der Waals surface area contributed by atoms with Crippen LogP contribution in [0.4, 0.5) is 5.95 Å². The summed E-state index contributed by atoms with van der Waals surface area (Å²) in [5, 5.41) is 3.32. The molecular formula is C12H19N5O. The number of methoxy groups -OCH3 is 1. The van der Waals surface area contributed by atoms with Crippen LogP contribution in [0.3, 0.4) is 0 Å². The summed E-state index contributed by atoms with van der Waals surface area (Å²) in [5.74, 6) is 0.909. The lowest BCUT2D eigenvalue weighted by molar-refractivity contribution is 0.190. The van der Waals surface area contributed by atoms with Crippen molar-refractivity contribution in [2.75, 3.05) is 25.6 Å². The molecule has 0 aromatic carbocycles. The van der Waals surface area contributed by atoms with Crippen LogP contribution in [0, 0.1) is 0 Å². The average molecular weight is 249 g/mol. The predicted molar refractivity (Wildman–Crippen MR) is 69.4 cm³/mol. The summed E-state index contributed by atoms with van der Waals surface area (Å²) in [7, 11) is 1.72. The predicted octanol–water partition coefficient (Wildman–Crippen LogP) is 1.23. The largest absolute Gasteiger partial charge is 0.385 e. The second kappa shape index (κ2) is 6.80. The van der Waals surface area contributed by atoms with Gasteiger partial charge in [-0.2, -0.15) is 0 Å². The molecule has 0 spiro atoms. The quantitative estimate of drug-likeness (QED) is 0.715. The van der Waals surface area contributed by atoms with Crippen LogP contribution in [0.15, 0.2) is 31.1 Å². The maximum absolute atomic E-state index is 5.05. The van der Waals surface area contributed by atoms with E-state index in [0.717, 1.165) is 38.6 Å². The molecule has 18 heavy (non-hydrogen) atoms. The first-order valence-electron chi connectivity index (χ1n) is 6.10. The lowest BCUT2D eigenvalue weighted by Crippen LogP contribution is -2.13. The number of hydrogen-bond acceptors (Lipinski definition) is 4. The number of aryl methyl sites for hydroxylation is 1. The number of imidazole rings is 2. The Balaban J connectivity index is 1.76. The number of nitrogens with one attached hydrogen (secondary N) is 1. The molecule has 2 heterocycles. The van der Waals surface area contributed by atoms with E-state index in [2.05, 4.69) is 19.9 Å². The molecule has 98 valence electrons. The molecule has 2 aromatic heterocycles. The molecule has 0 radical (unpaired) electrons. The topological polar surface area (TPSA) is 56.9 Å². The number of nitrogens with zero attached hydrogens (tertiary/aromatic N) is 4. The molecule has 0 saturated heterocycles. The van der Waals surface area contributed by atoms with Gasteiger partial charge in [0.15, 0.2) is 0 Å². The number of aromatic nitrogens is 4. The number of rotatable bonds is 8. The van der Waals surface area contributed by atoms with E-state index < -0.39 is 0 Å². The van der Waals surface area contributed by atoms with Crippen LogP contribution in [-0.4, -0.2) is 39.4 Å². The molecule has 2 rings (SSSR count). The molecule has 0 bridgehead atoms. The van der Waals surface area contributed by atoms with Crippen LogP contribution in [0.2, 0.25) is 0 Å². The van der Waals surface area contributed by atoms with E-state index in [1.54, 1.807) is 13.3 Å². The van der Waals surface area contributed by atoms with Gasteiger partial charge < -0.3 is 19.2 Å². The molecule has 0 atom stereocenters. The molecule has 0 aliphatic rings. The second-order valence-corrected chi connectivity index (χ2v) is 4.02. The maximum Gasteiger partial charge on any atom is 0.202 e. The van der Waals surface area contributed by atoms with Crippen molar-refractivity contribution in [3.63, 3.8) is 0 Å². The molecule has 0 unspecified atom stereocenters. The standard InChI is InChI=1S/C12H19N5O/c1-18-10-2-6-17-9-5-15-12(17)14-4-8-16-7-3-13-11-16/h3,5,7,9,11H,2,4,6,8,10H2,1H3,(H,14,15). The third kappa shape index (κ3) is 3.59. The summed E-state index contributed by atoms with van der Waals surface area (Å²) in [6, 6.07) is 0. The van der Waals surface area contributed by atoms with Crippen LogP contribution in [0.25, 0.3) is 0 Å². The highest BCUT2D eigenvalue weighted by Crippen LogP contribution is 2.05. The smallest absolute Gasteiger partial charge is 0.202 e. The highest BCUT2D eigenvalue weighted by Gasteiger charge is 2.01. The van der Waals surface area contributed by atoms with E-state index in [-0.39, 0.29) is 0 Å². The average Bonchev–Trinajstić information content (AvgIpc) is 3.02. The van der Waals surface area contributed by atoms with Crippen molar-refractivity contribution in [3.05, 3.63) is 31.1 Å². The van der Waals surface area contributed by atoms with E-state index in [9.17, 15) is 0 Å². The normalized spacial score (nSPS) is 10.7. The number of hydrogen-bond donors (Lipinski definition) is 1. The van der Waals surface area contributed by atoms with Crippen molar-refractivity contribution in [2.45, 2.75) is 19.5 Å². The van der Waals surface area contributed by atoms with Crippen LogP contribution in [0.5, 0.6) is 0 Å². The Morgan fingerprint density at radius 3 is 3.00 bits per heavy atom. The molecule has 1 N–H and O–H groups in total. The number of ether oxygens (including phenoxy) is 1. The monoisotopic (exact) mass is 249 g/mol. The Bertz CT molecular complexity index is 437. The Morgan fingerprint density at radius 2 is 2.22 bits per heavy atom. The van der Waals surface area contributed by atoms with E-state index in [4.69, 9.17) is 4.74 Å². The first kappa shape index (κ1) is 12.6.